The quantitative estimate of drug-likeness (QED) is 0.452. The molecule has 2 aliphatic carbocycles. The molecular weight excluding hydrogens is 515 g/mol. The van der Waals surface area contributed by atoms with Crippen molar-refractivity contribution in [2.45, 2.75) is 57.4 Å². The number of amides is 2. The molecule has 2 aliphatic rings. The van der Waals surface area contributed by atoms with Gasteiger partial charge in [0.15, 0.2) is 0 Å². The van der Waals surface area contributed by atoms with Crippen LogP contribution in [-0.4, -0.2) is 42.7 Å². The molecule has 32 heavy (non-hydrogen) atoms. The van der Waals surface area contributed by atoms with Gasteiger partial charge >= 0.3 is 6.03 Å². The van der Waals surface area contributed by atoms with Gasteiger partial charge in [0.25, 0.3) is 0 Å². The van der Waals surface area contributed by atoms with Gasteiger partial charge in [-0.3, -0.25) is 0 Å². The van der Waals surface area contributed by atoms with Crippen molar-refractivity contribution in [2.75, 3.05) is 36.2 Å². The summed E-state index contributed by atoms with van der Waals surface area (Å²) in [5, 5.41) is 9.58. The van der Waals surface area contributed by atoms with Crippen molar-refractivity contribution in [1.29, 1.82) is 0 Å². The van der Waals surface area contributed by atoms with Crippen LogP contribution in [0.4, 0.5) is 22.2 Å². The molecule has 8 heteroatoms. The van der Waals surface area contributed by atoms with Gasteiger partial charge in [0.2, 0.25) is 5.95 Å². The SMILES string of the molecule is CN(C)c1nc(N[C@H]2CC[C@@H](CNC(=O)Nc3ccccc3I)CC2)nc2c1CCCC2. The summed E-state index contributed by atoms with van der Waals surface area (Å²) in [7, 11) is 4.13. The third-order valence-electron chi connectivity index (χ3n) is 6.44. The standard InChI is InChI=1S/C24H33IN6O/c1-31(2)22-18-7-3-5-9-20(18)28-23(30-22)27-17-13-11-16(12-14-17)15-26-24(32)29-21-10-6-4-8-19(21)25/h4,6,8,10,16-17H,3,5,7,9,11-15H2,1-2H3,(H2,26,29,32)(H,27,28,30)/t16-,17+. The van der Waals surface area contributed by atoms with Gasteiger partial charge in [-0.15, -0.1) is 0 Å². The summed E-state index contributed by atoms with van der Waals surface area (Å²) in [6.45, 7) is 0.710. The average Bonchev–Trinajstić information content (AvgIpc) is 2.79. The van der Waals surface area contributed by atoms with Crippen LogP contribution < -0.4 is 20.9 Å². The number of carbonyl (C=O) groups is 1. The van der Waals surface area contributed by atoms with Crippen molar-refractivity contribution in [3.63, 3.8) is 0 Å². The third kappa shape index (κ3) is 5.82. The first-order valence-corrected chi connectivity index (χ1v) is 12.7. The summed E-state index contributed by atoms with van der Waals surface area (Å²) in [6, 6.07) is 8.06. The second kappa shape index (κ2) is 10.7. The minimum atomic E-state index is -0.131. The molecule has 1 aromatic carbocycles. The maximum atomic E-state index is 12.3. The highest BCUT2D eigenvalue weighted by Crippen LogP contribution is 2.30. The summed E-state index contributed by atoms with van der Waals surface area (Å²) in [6.07, 6.45) is 8.90. The molecule has 1 aromatic heterocycles. The highest BCUT2D eigenvalue weighted by molar-refractivity contribution is 14.1. The topological polar surface area (TPSA) is 82.2 Å². The minimum Gasteiger partial charge on any atom is -0.362 e. The molecule has 0 atom stereocenters. The van der Waals surface area contributed by atoms with E-state index in [4.69, 9.17) is 9.97 Å². The lowest BCUT2D eigenvalue weighted by Crippen LogP contribution is -2.36. The van der Waals surface area contributed by atoms with E-state index in [2.05, 4.69) is 57.5 Å². The number of hydrogen-bond acceptors (Lipinski definition) is 5. The molecule has 7 nitrogen and oxygen atoms in total. The second-order valence-electron chi connectivity index (χ2n) is 9.07. The van der Waals surface area contributed by atoms with Gasteiger partial charge in [-0.05, 0) is 92.0 Å². The van der Waals surface area contributed by atoms with Crippen LogP contribution in [-0.2, 0) is 12.8 Å². The minimum absolute atomic E-state index is 0.131. The number of fused-ring (bicyclic) bond motifs is 1. The molecule has 1 saturated carbocycles. The van der Waals surface area contributed by atoms with Gasteiger partial charge in [0, 0.05) is 35.8 Å². The number of para-hydroxylation sites is 1. The summed E-state index contributed by atoms with van der Waals surface area (Å²) in [5.74, 6) is 2.34. The van der Waals surface area contributed by atoms with E-state index in [0.717, 1.165) is 59.5 Å². The predicted octanol–water partition coefficient (Wildman–Crippen LogP) is 4.82. The van der Waals surface area contributed by atoms with Crippen LogP contribution in [0.5, 0.6) is 0 Å². The van der Waals surface area contributed by atoms with Gasteiger partial charge in [-0.2, -0.15) is 4.98 Å². The van der Waals surface area contributed by atoms with Crippen LogP contribution in [0.1, 0.15) is 49.8 Å². The number of nitrogens with zero attached hydrogens (tertiary/aromatic N) is 3. The molecular formula is C24H33IN6O. The summed E-state index contributed by atoms with van der Waals surface area (Å²) in [5.41, 5.74) is 3.39. The maximum absolute atomic E-state index is 12.3. The fourth-order valence-electron chi connectivity index (χ4n) is 4.67. The number of benzene rings is 1. The normalized spacial score (nSPS) is 20.2. The Morgan fingerprint density at radius 2 is 1.84 bits per heavy atom. The van der Waals surface area contributed by atoms with Crippen LogP contribution in [0, 0.1) is 9.49 Å². The number of aryl methyl sites for hydroxylation is 1. The van der Waals surface area contributed by atoms with E-state index in [1.54, 1.807) is 0 Å². The van der Waals surface area contributed by atoms with Gasteiger partial charge in [0.05, 0.1) is 11.4 Å². The zero-order valence-corrected chi connectivity index (χ0v) is 21.1. The molecule has 1 heterocycles. The van der Waals surface area contributed by atoms with E-state index in [1.165, 1.54) is 24.1 Å². The molecule has 2 aromatic rings. The number of hydrogen-bond donors (Lipinski definition) is 3. The molecule has 0 aliphatic heterocycles. The zero-order chi connectivity index (χ0) is 22.5. The van der Waals surface area contributed by atoms with Crippen molar-refractivity contribution >= 4 is 46.1 Å². The van der Waals surface area contributed by atoms with Crippen LogP contribution in [0.2, 0.25) is 0 Å². The van der Waals surface area contributed by atoms with E-state index < -0.39 is 0 Å². The Kier molecular flexibility index (Phi) is 7.70. The lowest BCUT2D eigenvalue weighted by Gasteiger charge is -2.30. The molecule has 0 saturated heterocycles. The number of rotatable bonds is 6. The maximum Gasteiger partial charge on any atom is 0.319 e. The number of carbonyl (C=O) groups excluding carboxylic acids is 1. The number of nitrogens with one attached hydrogen (secondary N) is 3. The molecule has 0 unspecified atom stereocenters. The summed E-state index contributed by atoms with van der Waals surface area (Å²) < 4.78 is 1.04. The number of anilines is 3. The van der Waals surface area contributed by atoms with E-state index in [9.17, 15) is 4.79 Å². The Labute approximate surface area is 204 Å². The lowest BCUT2D eigenvalue weighted by molar-refractivity contribution is 0.246. The Balaban J connectivity index is 1.26. The van der Waals surface area contributed by atoms with E-state index in [-0.39, 0.29) is 6.03 Å². The van der Waals surface area contributed by atoms with Crippen molar-refractivity contribution < 1.29 is 4.79 Å². The van der Waals surface area contributed by atoms with Crippen LogP contribution in [0.15, 0.2) is 24.3 Å². The van der Waals surface area contributed by atoms with Crippen LogP contribution >= 0.6 is 22.6 Å². The van der Waals surface area contributed by atoms with Gasteiger partial charge < -0.3 is 20.9 Å². The molecule has 3 N–H and O–H groups in total. The first-order chi connectivity index (χ1) is 15.5. The molecule has 1 fully saturated rings. The van der Waals surface area contributed by atoms with Crippen molar-refractivity contribution in [3.05, 3.63) is 39.1 Å². The highest BCUT2D eigenvalue weighted by Gasteiger charge is 2.24. The van der Waals surface area contributed by atoms with E-state index in [0.29, 0.717) is 18.5 Å². The summed E-state index contributed by atoms with van der Waals surface area (Å²) >= 11 is 2.23. The van der Waals surface area contributed by atoms with Crippen molar-refractivity contribution in [3.8, 4) is 0 Å². The number of aromatic nitrogens is 2. The highest BCUT2D eigenvalue weighted by atomic mass is 127. The smallest absolute Gasteiger partial charge is 0.319 e. The van der Waals surface area contributed by atoms with Gasteiger partial charge in [-0.25, -0.2) is 9.78 Å². The van der Waals surface area contributed by atoms with Crippen molar-refractivity contribution in [1.82, 2.24) is 15.3 Å². The van der Waals surface area contributed by atoms with Gasteiger partial charge in [-0.1, -0.05) is 12.1 Å². The fourth-order valence-corrected chi connectivity index (χ4v) is 5.19. The Bertz CT molecular complexity index is 942. The number of urea groups is 1. The first kappa shape index (κ1) is 23.1. The van der Waals surface area contributed by atoms with E-state index in [1.807, 2.05) is 24.3 Å². The monoisotopic (exact) mass is 548 g/mol. The molecule has 4 rings (SSSR count). The van der Waals surface area contributed by atoms with E-state index >= 15 is 0 Å². The Morgan fingerprint density at radius 1 is 1.09 bits per heavy atom. The average molecular weight is 548 g/mol. The lowest BCUT2D eigenvalue weighted by atomic mass is 9.86. The zero-order valence-electron chi connectivity index (χ0n) is 19.0. The second-order valence-corrected chi connectivity index (χ2v) is 10.2. The largest absolute Gasteiger partial charge is 0.362 e. The molecule has 2 amide bonds. The first-order valence-electron chi connectivity index (χ1n) is 11.6. The Hall–Kier alpha value is -2.10. The summed E-state index contributed by atoms with van der Waals surface area (Å²) in [4.78, 5) is 24.1. The fraction of sp³-hybridized carbons (Fsp3) is 0.542. The Morgan fingerprint density at radius 3 is 2.59 bits per heavy atom. The predicted molar refractivity (Wildman–Crippen MR) is 139 cm³/mol. The molecule has 0 spiro atoms. The number of halogens is 1. The molecule has 0 radical (unpaired) electrons. The molecule has 0 bridgehead atoms. The molecule has 172 valence electrons. The third-order valence-corrected chi connectivity index (χ3v) is 7.38. The van der Waals surface area contributed by atoms with Gasteiger partial charge in [0.1, 0.15) is 5.82 Å². The van der Waals surface area contributed by atoms with Crippen LogP contribution in [0.25, 0.3) is 0 Å². The van der Waals surface area contributed by atoms with Crippen molar-refractivity contribution in [2.24, 2.45) is 5.92 Å². The van der Waals surface area contributed by atoms with Crippen LogP contribution in [0.3, 0.4) is 0 Å².